The number of aliphatic hydroxyl groups excluding tert-OH is 1. The molecule has 4 nitrogen and oxygen atoms in total. The van der Waals surface area contributed by atoms with Gasteiger partial charge in [0.1, 0.15) is 0 Å². The smallest absolute Gasteiger partial charge is 0.223 e. The first-order valence-corrected chi connectivity index (χ1v) is 7.34. The highest BCUT2D eigenvalue weighted by Gasteiger charge is 2.19. The Morgan fingerprint density at radius 1 is 1.32 bits per heavy atom. The number of ketones is 1. The van der Waals surface area contributed by atoms with Crippen LogP contribution < -0.4 is 0 Å². The molecule has 5 heteroatoms. The first-order chi connectivity index (χ1) is 8.91. The van der Waals surface area contributed by atoms with Gasteiger partial charge in [0.15, 0.2) is 5.78 Å². The average molecular weight is 283 g/mol. The van der Waals surface area contributed by atoms with E-state index in [1.807, 2.05) is 25.3 Å². The van der Waals surface area contributed by atoms with Crippen molar-refractivity contribution in [1.82, 2.24) is 4.90 Å². The van der Waals surface area contributed by atoms with Gasteiger partial charge in [-0.25, -0.2) is 0 Å². The highest BCUT2D eigenvalue weighted by atomic mass is 32.1. The summed E-state index contributed by atoms with van der Waals surface area (Å²) in [6, 6.07) is 3.63. The quantitative estimate of drug-likeness (QED) is 0.781. The lowest BCUT2D eigenvalue weighted by Crippen LogP contribution is -2.41. The molecule has 1 aromatic heterocycles. The Hall–Kier alpha value is -1.20. The number of hydrogen-bond donors (Lipinski definition) is 1. The summed E-state index contributed by atoms with van der Waals surface area (Å²) in [5.41, 5.74) is 0. The van der Waals surface area contributed by atoms with Crippen LogP contribution in [0.3, 0.4) is 0 Å². The van der Waals surface area contributed by atoms with Crippen LogP contribution >= 0.6 is 11.3 Å². The fraction of sp³-hybridized carbons (Fsp3) is 0.571. The summed E-state index contributed by atoms with van der Waals surface area (Å²) in [6.45, 7) is 5.77. The van der Waals surface area contributed by atoms with Gasteiger partial charge in [-0.3, -0.25) is 9.59 Å². The Kier molecular flexibility index (Phi) is 6.18. The Balaban J connectivity index is 2.51. The zero-order chi connectivity index (χ0) is 14.4. The third kappa shape index (κ3) is 5.12. The molecule has 1 N–H and O–H groups in total. The highest BCUT2D eigenvalue weighted by Crippen LogP contribution is 2.13. The number of nitrogens with zero attached hydrogens (tertiary/aromatic N) is 1. The first kappa shape index (κ1) is 15.9. The Morgan fingerprint density at radius 2 is 2.00 bits per heavy atom. The minimum absolute atomic E-state index is 0.00380. The highest BCUT2D eigenvalue weighted by molar-refractivity contribution is 7.12. The van der Waals surface area contributed by atoms with E-state index < -0.39 is 6.10 Å². The van der Waals surface area contributed by atoms with E-state index in [2.05, 4.69) is 0 Å². The Labute approximate surface area is 118 Å². The summed E-state index contributed by atoms with van der Waals surface area (Å²) < 4.78 is 0. The number of hydrogen-bond acceptors (Lipinski definition) is 4. The van der Waals surface area contributed by atoms with Gasteiger partial charge in [0.05, 0.1) is 11.0 Å². The topological polar surface area (TPSA) is 57.6 Å². The predicted octanol–water partition coefficient (Wildman–Crippen LogP) is 2.33. The zero-order valence-corrected chi connectivity index (χ0v) is 12.4. The van der Waals surface area contributed by atoms with E-state index in [0.29, 0.717) is 11.4 Å². The van der Waals surface area contributed by atoms with Crippen LogP contribution in [0.5, 0.6) is 0 Å². The summed E-state index contributed by atoms with van der Waals surface area (Å²) in [5.74, 6) is -0.0788. The number of carbonyl (C=O) groups excluding carboxylic acids is 2. The Bertz CT molecular complexity index is 412. The number of Topliss-reactive ketones (excluding diaryl/α,β-unsaturated/α-hetero) is 1. The normalized spacial score (nSPS) is 12.5. The lowest BCUT2D eigenvalue weighted by Gasteiger charge is -2.28. The van der Waals surface area contributed by atoms with Gasteiger partial charge in [-0.05, 0) is 32.2 Å². The standard InChI is InChI=1S/C14H21NO3S/c1-10(2)15(9-11(3)16)14(18)7-6-12(17)13-5-4-8-19-13/h4-5,8,10-11,16H,6-7,9H2,1-3H3. The van der Waals surface area contributed by atoms with Gasteiger partial charge in [0.25, 0.3) is 0 Å². The minimum Gasteiger partial charge on any atom is -0.392 e. The van der Waals surface area contributed by atoms with Crippen molar-refractivity contribution in [3.63, 3.8) is 0 Å². The monoisotopic (exact) mass is 283 g/mol. The largest absolute Gasteiger partial charge is 0.392 e. The van der Waals surface area contributed by atoms with E-state index in [1.165, 1.54) is 11.3 Å². The fourth-order valence-electron chi connectivity index (χ4n) is 1.81. The Morgan fingerprint density at radius 3 is 2.47 bits per heavy atom. The molecule has 0 saturated carbocycles. The van der Waals surface area contributed by atoms with Gasteiger partial charge in [-0.1, -0.05) is 6.07 Å². The van der Waals surface area contributed by atoms with Crippen LogP contribution in [0.1, 0.15) is 43.3 Å². The lowest BCUT2D eigenvalue weighted by molar-refractivity contribution is -0.134. The van der Waals surface area contributed by atoms with Crippen molar-refractivity contribution in [3.05, 3.63) is 22.4 Å². The SMILES string of the molecule is CC(O)CN(C(=O)CCC(=O)c1cccs1)C(C)C. The molecule has 1 heterocycles. The molecule has 0 aromatic carbocycles. The molecule has 1 rings (SSSR count). The predicted molar refractivity (Wildman–Crippen MR) is 76.4 cm³/mol. The lowest BCUT2D eigenvalue weighted by atomic mass is 10.1. The third-order valence-electron chi connectivity index (χ3n) is 2.77. The summed E-state index contributed by atoms with van der Waals surface area (Å²) in [4.78, 5) is 26.2. The molecule has 1 atom stereocenters. The molecular formula is C14H21NO3S. The minimum atomic E-state index is -0.556. The van der Waals surface area contributed by atoms with E-state index in [-0.39, 0.29) is 30.6 Å². The van der Waals surface area contributed by atoms with Crippen molar-refractivity contribution in [1.29, 1.82) is 0 Å². The fourth-order valence-corrected chi connectivity index (χ4v) is 2.50. The molecule has 1 unspecified atom stereocenters. The van der Waals surface area contributed by atoms with E-state index in [1.54, 1.807) is 17.9 Å². The third-order valence-corrected chi connectivity index (χ3v) is 3.68. The molecule has 106 valence electrons. The maximum Gasteiger partial charge on any atom is 0.223 e. The van der Waals surface area contributed by atoms with Gasteiger partial charge in [-0.2, -0.15) is 0 Å². The van der Waals surface area contributed by atoms with Crippen molar-refractivity contribution in [3.8, 4) is 0 Å². The average Bonchev–Trinajstić information content (AvgIpc) is 2.85. The summed E-state index contributed by atoms with van der Waals surface area (Å²) in [7, 11) is 0. The van der Waals surface area contributed by atoms with Crippen LogP contribution in [0.15, 0.2) is 17.5 Å². The molecule has 0 aliphatic rings. The summed E-state index contributed by atoms with van der Waals surface area (Å²) in [6.07, 6.45) is -0.136. The van der Waals surface area contributed by atoms with E-state index in [9.17, 15) is 14.7 Å². The van der Waals surface area contributed by atoms with Crippen LogP contribution in [0.25, 0.3) is 0 Å². The molecule has 0 radical (unpaired) electrons. The van der Waals surface area contributed by atoms with Gasteiger partial charge < -0.3 is 10.0 Å². The van der Waals surface area contributed by atoms with E-state index in [4.69, 9.17) is 0 Å². The van der Waals surface area contributed by atoms with Crippen LogP contribution in [0.4, 0.5) is 0 Å². The molecule has 0 fully saturated rings. The second-order valence-electron chi connectivity index (χ2n) is 4.89. The molecule has 0 bridgehead atoms. The summed E-state index contributed by atoms with van der Waals surface area (Å²) in [5, 5.41) is 11.2. The van der Waals surface area contributed by atoms with Crippen LogP contribution in [-0.2, 0) is 4.79 Å². The van der Waals surface area contributed by atoms with Crippen LogP contribution in [0, 0.1) is 0 Å². The van der Waals surface area contributed by atoms with Crippen molar-refractivity contribution in [2.24, 2.45) is 0 Å². The van der Waals surface area contributed by atoms with Crippen molar-refractivity contribution in [2.75, 3.05) is 6.54 Å². The number of rotatable bonds is 7. The van der Waals surface area contributed by atoms with Crippen molar-refractivity contribution < 1.29 is 14.7 Å². The number of carbonyl (C=O) groups is 2. The van der Waals surface area contributed by atoms with Crippen LogP contribution in [-0.4, -0.2) is 40.4 Å². The molecular weight excluding hydrogens is 262 g/mol. The van der Waals surface area contributed by atoms with Gasteiger partial charge in [0.2, 0.25) is 5.91 Å². The zero-order valence-electron chi connectivity index (χ0n) is 11.6. The molecule has 0 aliphatic carbocycles. The summed E-state index contributed by atoms with van der Waals surface area (Å²) >= 11 is 1.39. The molecule has 0 saturated heterocycles. The van der Waals surface area contributed by atoms with Crippen molar-refractivity contribution in [2.45, 2.75) is 45.8 Å². The van der Waals surface area contributed by atoms with Crippen LogP contribution in [0.2, 0.25) is 0 Å². The van der Waals surface area contributed by atoms with E-state index >= 15 is 0 Å². The van der Waals surface area contributed by atoms with E-state index in [0.717, 1.165) is 0 Å². The second-order valence-corrected chi connectivity index (χ2v) is 5.84. The molecule has 1 aromatic rings. The molecule has 0 spiro atoms. The van der Waals surface area contributed by atoms with Gasteiger partial charge in [-0.15, -0.1) is 11.3 Å². The number of thiophene rings is 1. The maximum atomic E-state index is 12.1. The molecule has 19 heavy (non-hydrogen) atoms. The number of amides is 1. The van der Waals surface area contributed by atoms with Crippen molar-refractivity contribution >= 4 is 23.0 Å². The number of aliphatic hydroxyl groups is 1. The van der Waals surface area contributed by atoms with Gasteiger partial charge >= 0.3 is 0 Å². The molecule has 0 aliphatic heterocycles. The van der Waals surface area contributed by atoms with Gasteiger partial charge in [0, 0.05) is 25.4 Å². The first-order valence-electron chi connectivity index (χ1n) is 6.46. The second kappa shape index (κ2) is 7.40. The maximum absolute atomic E-state index is 12.1. The molecule has 1 amide bonds.